The highest BCUT2D eigenvalue weighted by atomic mass is 16.5. The van der Waals surface area contributed by atoms with Crippen molar-refractivity contribution in [2.45, 2.75) is 26.7 Å². The van der Waals surface area contributed by atoms with Crippen LogP contribution in [-0.2, 0) is 0 Å². The van der Waals surface area contributed by atoms with Crippen LogP contribution in [0.1, 0.15) is 47.1 Å². The molecule has 0 aromatic carbocycles. The van der Waals surface area contributed by atoms with Gasteiger partial charge in [-0.15, -0.1) is 0 Å². The molecule has 0 spiro atoms. The van der Waals surface area contributed by atoms with Crippen molar-refractivity contribution >= 4 is 11.7 Å². The number of carbonyl (C=O) groups is 1. The SMILES string of the molecule is Cc1noc(C(C)C)c1C(=O)N1CCN(c2ncccc2C#N)CC1. The van der Waals surface area contributed by atoms with E-state index < -0.39 is 0 Å². The van der Waals surface area contributed by atoms with Crippen LogP contribution in [0.3, 0.4) is 0 Å². The van der Waals surface area contributed by atoms with Crippen molar-refractivity contribution < 1.29 is 9.32 Å². The molecular formula is C18H21N5O2. The van der Waals surface area contributed by atoms with E-state index in [1.165, 1.54) is 0 Å². The van der Waals surface area contributed by atoms with Crippen molar-refractivity contribution in [2.24, 2.45) is 0 Å². The lowest BCUT2D eigenvalue weighted by Gasteiger charge is -2.35. The molecule has 25 heavy (non-hydrogen) atoms. The Morgan fingerprint density at radius 3 is 2.68 bits per heavy atom. The number of anilines is 1. The molecule has 3 heterocycles. The number of hydrogen-bond donors (Lipinski definition) is 0. The van der Waals surface area contributed by atoms with Crippen molar-refractivity contribution in [2.75, 3.05) is 31.1 Å². The van der Waals surface area contributed by atoms with E-state index in [0.717, 1.165) is 0 Å². The van der Waals surface area contributed by atoms with E-state index in [4.69, 9.17) is 4.52 Å². The first-order valence-electron chi connectivity index (χ1n) is 8.38. The predicted octanol–water partition coefficient (Wildman–Crippen LogP) is 2.34. The van der Waals surface area contributed by atoms with Gasteiger partial charge in [-0.05, 0) is 19.1 Å². The van der Waals surface area contributed by atoms with Gasteiger partial charge in [-0.1, -0.05) is 19.0 Å². The fourth-order valence-corrected chi connectivity index (χ4v) is 3.06. The third kappa shape index (κ3) is 3.20. The Morgan fingerprint density at radius 1 is 1.32 bits per heavy atom. The molecule has 7 nitrogen and oxygen atoms in total. The molecule has 0 aliphatic carbocycles. The number of hydrogen-bond acceptors (Lipinski definition) is 6. The number of piperazine rings is 1. The Bertz CT molecular complexity index is 813. The van der Waals surface area contributed by atoms with E-state index in [0.29, 0.717) is 54.6 Å². The summed E-state index contributed by atoms with van der Waals surface area (Å²) in [7, 11) is 0. The van der Waals surface area contributed by atoms with Crippen LogP contribution in [-0.4, -0.2) is 47.1 Å². The van der Waals surface area contributed by atoms with Gasteiger partial charge in [0.2, 0.25) is 0 Å². The van der Waals surface area contributed by atoms with Gasteiger partial charge in [-0.3, -0.25) is 4.79 Å². The monoisotopic (exact) mass is 339 g/mol. The predicted molar refractivity (Wildman–Crippen MR) is 92.4 cm³/mol. The standard InChI is InChI=1S/C18H21N5O2/c1-12(2)16-15(13(3)21-25-16)18(24)23-9-7-22(8-10-23)17-14(11-19)5-4-6-20-17/h4-6,12H,7-10H2,1-3H3. The average molecular weight is 339 g/mol. The molecule has 0 radical (unpaired) electrons. The smallest absolute Gasteiger partial charge is 0.259 e. The number of amides is 1. The average Bonchev–Trinajstić information content (AvgIpc) is 3.03. The number of pyridine rings is 1. The van der Waals surface area contributed by atoms with Gasteiger partial charge in [-0.2, -0.15) is 5.26 Å². The minimum Gasteiger partial charge on any atom is -0.360 e. The third-order valence-corrected chi connectivity index (χ3v) is 4.40. The van der Waals surface area contributed by atoms with Crippen LogP contribution in [0.15, 0.2) is 22.9 Å². The Kier molecular flexibility index (Phi) is 4.70. The molecule has 2 aromatic heterocycles. The highest BCUT2D eigenvalue weighted by Gasteiger charge is 2.29. The minimum atomic E-state index is -0.0383. The summed E-state index contributed by atoms with van der Waals surface area (Å²) in [5.41, 5.74) is 1.77. The molecule has 0 atom stereocenters. The van der Waals surface area contributed by atoms with Crippen LogP contribution < -0.4 is 4.90 Å². The minimum absolute atomic E-state index is 0.0383. The molecule has 3 rings (SSSR count). The van der Waals surface area contributed by atoms with E-state index in [-0.39, 0.29) is 11.8 Å². The van der Waals surface area contributed by atoms with Gasteiger partial charge in [0.05, 0.1) is 11.3 Å². The fraction of sp³-hybridized carbons (Fsp3) is 0.444. The number of nitrogens with zero attached hydrogens (tertiary/aromatic N) is 5. The topological polar surface area (TPSA) is 86.3 Å². The van der Waals surface area contributed by atoms with Gasteiger partial charge in [0.25, 0.3) is 5.91 Å². The normalized spacial score (nSPS) is 14.7. The van der Waals surface area contributed by atoms with Crippen molar-refractivity contribution in [1.82, 2.24) is 15.0 Å². The van der Waals surface area contributed by atoms with Gasteiger partial charge in [0, 0.05) is 38.3 Å². The lowest BCUT2D eigenvalue weighted by atomic mass is 10.0. The number of rotatable bonds is 3. The molecule has 0 bridgehead atoms. The van der Waals surface area contributed by atoms with E-state index >= 15 is 0 Å². The maximum atomic E-state index is 12.9. The van der Waals surface area contributed by atoms with Gasteiger partial charge in [0.15, 0.2) is 5.76 Å². The largest absolute Gasteiger partial charge is 0.360 e. The first-order valence-corrected chi connectivity index (χ1v) is 8.38. The second-order valence-corrected chi connectivity index (χ2v) is 6.43. The van der Waals surface area contributed by atoms with Crippen LogP contribution >= 0.6 is 0 Å². The number of aryl methyl sites for hydroxylation is 1. The fourth-order valence-electron chi connectivity index (χ4n) is 3.06. The Labute approximate surface area is 146 Å². The second-order valence-electron chi connectivity index (χ2n) is 6.43. The first kappa shape index (κ1) is 17.0. The highest BCUT2D eigenvalue weighted by molar-refractivity contribution is 5.96. The van der Waals surface area contributed by atoms with Crippen LogP contribution in [0.5, 0.6) is 0 Å². The first-order chi connectivity index (χ1) is 12.0. The maximum Gasteiger partial charge on any atom is 0.259 e. The van der Waals surface area contributed by atoms with Gasteiger partial charge >= 0.3 is 0 Å². The van der Waals surface area contributed by atoms with E-state index in [9.17, 15) is 10.1 Å². The van der Waals surface area contributed by atoms with Crippen molar-refractivity contribution in [3.05, 3.63) is 40.9 Å². The second kappa shape index (κ2) is 6.93. The van der Waals surface area contributed by atoms with E-state index in [1.807, 2.05) is 23.6 Å². The number of carbonyl (C=O) groups excluding carboxylic acids is 1. The van der Waals surface area contributed by atoms with Crippen LogP contribution in [0, 0.1) is 18.3 Å². The maximum absolute atomic E-state index is 12.9. The molecule has 1 fully saturated rings. The number of aromatic nitrogens is 2. The quantitative estimate of drug-likeness (QED) is 0.853. The Morgan fingerprint density at radius 2 is 2.04 bits per heavy atom. The van der Waals surface area contributed by atoms with Gasteiger partial charge in [0.1, 0.15) is 17.5 Å². The van der Waals surface area contributed by atoms with Gasteiger partial charge < -0.3 is 14.3 Å². The summed E-state index contributed by atoms with van der Waals surface area (Å²) < 4.78 is 5.34. The molecule has 1 amide bonds. The molecule has 2 aromatic rings. The zero-order chi connectivity index (χ0) is 18.0. The molecule has 1 aliphatic rings. The summed E-state index contributed by atoms with van der Waals surface area (Å²) in [6.07, 6.45) is 1.68. The van der Waals surface area contributed by atoms with E-state index in [1.54, 1.807) is 25.3 Å². The summed E-state index contributed by atoms with van der Waals surface area (Å²) in [6, 6.07) is 5.68. The zero-order valence-electron chi connectivity index (χ0n) is 14.7. The summed E-state index contributed by atoms with van der Waals surface area (Å²) in [5, 5.41) is 13.2. The van der Waals surface area contributed by atoms with Gasteiger partial charge in [-0.25, -0.2) is 4.98 Å². The van der Waals surface area contributed by atoms with Crippen molar-refractivity contribution in [1.29, 1.82) is 5.26 Å². The lowest BCUT2D eigenvalue weighted by molar-refractivity contribution is 0.0743. The Hall–Kier alpha value is -2.88. The number of nitriles is 1. The van der Waals surface area contributed by atoms with Crippen LogP contribution in [0.25, 0.3) is 0 Å². The van der Waals surface area contributed by atoms with Crippen molar-refractivity contribution in [3.63, 3.8) is 0 Å². The molecule has 130 valence electrons. The highest BCUT2D eigenvalue weighted by Crippen LogP contribution is 2.25. The molecule has 0 unspecified atom stereocenters. The van der Waals surface area contributed by atoms with Crippen LogP contribution in [0.2, 0.25) is 0 Å². The molecule has 0 saturated carbocycles. The summed E-state index contributed by atoms with van der Waals surface area (Å²) in [6.45, 7) is 8.19. The molecule has 7 heteroatoms. The molecule has 1 aliphatic heterocycles. The lowest BCUT2D eigenvalue weighted by Crippen LogP contribution is -2.49. The zero-order valence-corrected chi connectivity index (χ0v) is 14.7. The summed E-state index contributed by atoms with van der Waals surface area (Å²) in [5.74, 6) is 1.39. The van der Waals surface area contributed by atoms with E-state index in [2.05, 4.69) is 16.2 Å². The molecule has 1 saturated heterocycles. The molecular weight excluding hydrogens is 318 g/mol. The summed E-state index contributed by atoms with van der Waals surface area (Å²) in [4.78, 5) is 21.1. The Balaban J connectivity index is 1.74. The summed E-state index contributed by atoms with van der Waals surface area (Å²) >= 11 is 0. The van der Waals surface area contributed by atoms with Crippen LogP contribution in [0.4, 0.5) is 5.82 Å². The third-order valence-electron chi connectivity index (χ3n) is 4.40. The molecule has 0 N–H and O–H groups in total. The van der Waals surface area contributed by atoms with Crippen molar-refractivity contribution in [3.8, 4) is 6.07 Å².